The first kappa shape index (κ1) is 20.1. The van der Waals surface area contributed by atoms with Crippen molar-refractivity contribution in [1.29, 1.82) is 0 Å². The average molecular weight is 426 g/mol. The Morgan fingerprint density at radius 3 is 2.80 bits per heavy atom. The van der Waals surface area contributed by atoms with Crippen molar-refractivity contribution >= 4 is 11.8 Å². The maximum Gasteiger partial charge on any atom is 0.277 e. The van der Waals surface area contributed by atoms with Gasteiger partial charge < -0.3 is 13.7 Å². The second-order valence-electron chi connectivity index (χ2n) is 6.48. The van der Waals surface area contributed by atoms with Crippen molar-refractivity contribution in [3.63, 3.8) is 0 Å². The highest BCUT2D eigenvalue weighted by molar-refractivity contribution is 7.99. The molecule has 1 atom stereocenters. The molecule has 0 aliphatic rings. The van der Waals surface area contributed by atoms with E-state index in [1.54, 1.807) is 19.1 Å². The molecule has 30 heavy (non-hydrogen) atoms. The molecule has 0 amide bonds. The fraction of sp³-hybridized carbons (Fsp3) is 0.238. The molecule has 0 saturated heterocycles. The fourth-order valence-corrected chi connectivity index (χ4v) is 3.46. The van der Waals surface area contributed by atoms with Gasteiger partial charge in [-0.25, -0.2) is 4.39 Å². The van der Waals surface area contributed by atoms with Crippen LogP contribution in [0, 0.1) is 12.7 Å². The molecule has 2 heterocycles. The molecule has 7 nitrogen and oxygen atoms in total. The Bertz CT molecular complexity index is 1160. The van der Waals surface area contributed by atoms with Crippen molar-refractivity contribution in [3.05, 3.63) is 59.7 Å². The van der Waals surface area contributed by atoms with E-state index in [1.807, 2.05) is 38.1 Å². The Hall–Kier alpha value is -3.20. The Morgan fingerprint density at radius 2 is 2.00 bits per heavy atom. The van der Waals surface area contributed by atoms with Gasteiger partial charge in [-0.05, 0) is 44.5 Å². The number of benzene rings is 2. The van der Waals surface area contributed by atoms with E-state index in [0.717, 1.165) is 5.56 Å². The van der Waals surface area contributed by atoms with E-state index in [4.69, 9.17) is 13.7 Å². The molecule has 0 radical (unpaired) electrons. The van der Waals surface area contributed by atoms with Crippen LogP contribution in [-0.4, -0.2) is 26.9 Å². The molecule has 0 aliphatic carbocycles. The minimum atomic E-state index is -0.313. The quantitative estimate of drug-likeness (QED) is 0.359. The molecule has 9 heteroatoms. The molecular formula is C21H19FN4O3S. The van der Waals surface area contributed by atoms with Crippen LogP contribution in [0.1, 0.15) is 30.6 Å². The summed E-state index contributed by atoms with van der Waals surface area (Å²) in [7, 11) is 0. The molecule has 4 aromatic rings. The van der Waals surface area contributed by atoms with Crippen LogP contribution < -0.4 is 4.74 Å². The zero-order valence-corrected chi connectivity index (χ0v) is 17.4. The number of thioether (sulfide) groups is 1. The van der Waals surface area contributed by atoms with Gasteiger partial charge in [-0.15, -0.1) is 10.2 Å². The fourth-order valence-electron chi connectivity index (χ4n) is 2.74. The van der Waals surface area contributed by atoms with Crippen molar-refractivity contribution in [3.8, 4) is 28.6 Å². The lowest BCUT2D eigenvalue weighted by Crippen LogP contribution is -1.93. The number of para-hydroxylation sites is 1. The van der Waals surface area contributed by atoms with Crippen LogP contribution in [0.2, 0.25) is 0 Å². The second kappa shape index (κ2) is 8.66. The summed E-state index contributed by atoms with van der Waals surface area (Å²) in [6, 6.07) is 12.3. The Kier molecular flexibility index (Phi) is 5.80. The lowest BCUT2D eigenvalue weighted by molar-refractivity contribution is 0.340. The first-order valence-electron chi connectivity index (χ1n) is 9.37. The first-order valence-corrected chi connectivity index (χ1v) is 10.3. The highest BCUT2D eigenvalue weighted by atomic mass is 32.2. The van der Waals surface area contributed by atoms with E-state index in [0.29, 0.717) is 46.3 Å². The summed E-state index contributed by atoms with van der Waals surface area (Å²) in [5, 5.41) is 12.3. The number of aryl methyl sites for hydroxylation is 1. The molecule has 2 aromatic heterocycles. The summed E-state index contributed by atoms with van der Waals surface area (Å²) in [5.74, 6) is 1.45. The zero-order valence-electron chi connectivity index (χ0n) is 16.6. The van der Waals surface area contributed by atoms with Crippen LogP contribution in [0.3, 0.4) is 0 Å². The number of hydrogen-bond donors (Lipinski definition) is 0. The normalized spacial score (nSPS) is 12.1. The molecule has 1 unspecified atom stereocenters. The second-order valence-corrected chi connectivity index (χ2v) is 7.77. The predicted molar refractivity (Wildman–Crippen MR) is 110 cm³/mol. The van der Waals surface area contributed by atoms with Crippen LogP contribution in [0.25, 0.3) is 22.8 Å². The molecular weight excluding hydrogens is 407 g/mol. The molecule has 0 fully saturated rings. The highest BCUT2D eigenvalue weighted by Crippen LogP contribution is 2.36. The standard InChI is InChI=1S/C21H19FN4O3S/c1-4-27-17-8-6-5-7-15(17)20-24-25-21(28-20)30-13(3)19-23-18(26-29-19)14-10-9-12(2)16(22)11-14/h5-11,13H,4H2,1-3H3. The van der Waals surface area contributed by atoms with E-state index in [9.17, 15) is 4.39 Å². The molecule has 0 bridgehead atoms. The molecule has 2 aromatic carbocycles. The first-order chi connectivity index (χ1) is 14.5. The van der Waals surface area contributed by atoms with Gasteiger partial charge in [-0.1, -0.05) is 41.2 Å². The molecule has 0 N–H and O–H groups in total. The van der Waals surface area contributed by atoms with Crippen molar-refractivity contribution in [1.82, 2.24) is 20.3 Å². The van der Waals surface area contributed by atoms with Crippen LogP contribution in [-0.2, 0) is 0 Å². The summed E-state index contributed by atoms with van der Waals surface area (Å²) < 4.78 is 30.6. The number of nitrogens with zero attached hydrogens (tertiary/aromatic N) is 4. The van der Waals surface area contributed by atoms with E-state index in [2.05, 4.69) is 20.3 Å². The number of aromatic nitrogens is 4. The maximum atomic E-state index is 13.8. The van der Waals surface area contributed by atoms with Crippen LogP contribution in [0.15, 0.2) is 56.6 Å². The number of hydrogen-bond acceptors (Lipinski definition) is 8. The van der Waals surface area contributed by atoms with E-state index in [-0.39, 0.29) is 11.1 Å². The van der Waals surface area contributed by atoms with Gasteiger partial charge in [0.1, 0.15) is 11.6 Å². The summed E-state index contributed by atoms with van der Waals surface area (Å²) in [6.07, 6.45) is 0. The van der Waals surface area contributed by atoms with Crippen molar-refractivity contribution in [2.45, 2.75) is 31.2 Å². The zero-order chi connectivity index (χ0) is 21.1. The molecule has 4 rings (SSSR count). The molecule has 154 valence electrons. The van der Waals surface area contributed by atoms with Crippen molar-refractivity contribution < 1.29 is 18.1 Å². The van der Waals surface area contributed by atoms with Gasteiger partial charge in [-0.3, -0.25) is 0 Å². The van der Waals surface area contributed by atoms with Gasteiger partial charge in [-0.2, -0.15) is 4.98 Å². The van der Waals surface area contributed by atoms with Gasteiger partial charge >= 0.3 is 0 Å². The minimum Gasteiger partial charge on any atom is -0.493 e. The van der Waals surface area contributed by atoms with Crippen LogP contribution in [0.4, 0.5) is 4.39 Å². The molecule has 0 saturated carbocycles. The topological polar surface area (TPSA) is 87.1 Å². The van der Waals surface area contributed by atoms with Gasteiger partial charge in [0.2, 0.25) is 11.7 Å². The Balaban J connectivity index is 1.50. The lowest BCUT2D eigenvalue weighted by atomic mass is 10.1. The van der Waals surface area contributed by atoms with Gasteiger partial charge in [0.05, 0.1) is 17.4 Å². The maximum absolute atomic E-state index is 13.8. The minimum absolute atomic E-state index is 0.239. The lowest BCUT2D eigenvalue weighted by Gasteiger charge is -2.06. The van der Waals surface area contributed by atoms with E-state index < -0.39 is 0 Å². The van der Waals surface area contributed by atoms with Crippen molar-refractivity contribution in [2.24, 2.45) is 0 Å². The largest absolute Gasteiger partial charge is 0.493 e. The van der Waals surface area contributed by atoms with E-state index >= 15 is 0 Å². The van der Waals surface area contributed by atoms with Crippen LogP contribution >= 0.6 is 11.8 Å². The third-order valence-corrected chi connectivity index (χ3v) is 5.24. The predicted octanol–water partition coefficient (Wildman–Crippen LogP) is 5.49. The summed E-state index contributed by atoms with van der Waals surface area (Å²) in [6.45, 7) is 6.03. The third-order valence-electron chi connectivity index (χ3n) is 4.32. The van der Waals surface area contributed by atoms with Crippen molar-refractivity contribution in [2.75, 3.05) is 6.61 Å². The Labute approximate surface area is 176 Å². The average Bonchev–Trinajstić information content (AvgIpc) is 3.41. The number of rotatable bonds is 7. The Morgan fingerprint density at radius 1 is 1.17 bits per heavy atom. The summed E-state index contributed by atoms with van der Waals surface area (Å²) in [4.78, 5) is 4.38. The van der Waals surface area contributed by atoms with Crippen LogP contribution in [0.5, 0.6) is 5.75 Å². The van der Waals surface area contributed by atoms with Gasteiger partial charge in [0.15, 0.2) is 0 Å². The molecule has 0 aliphatic heterocycles. The molecule has 0 spiro atoms. The smallest absolute Gasteiger partial charge is 0.277 e. The highest BCUT2D eigenvalue weighted by Gasteiger charge is 2.21. The number of ether oxygens (including phenoxy) is 1. The third kappa shape index (κ3) is 4.20. The van der Waals surface area contributed by atoms with E-state index in [1.165, 1.54) is 17.8 Å². The van der Waals surface area contributed by atoms with Gasteiger partial charge in [0.25, 0.3) is 11.1 Å². The summed E-state index contributed by atoms with van der Waals surface area (Å²) in [5.41, 5.74) is 1.84. The number of halogens is 1. The summed E-state index contributed by atoms with van der Waals surface area (Å²) >= 11 is 1.29. The monoisotopic (exact) mass is 426 g/mol. The SMILES string of the molecule is CCOc1ccccc1-c1nnc(SC(C)c2nc(-c3ccc(C)c(F)c3)no2)o1. The van der Waals surface area contributed by atoms with Gasteiger partial charge in [0, 0.05) is 5.56 Å².